The first-order valence-electron chi connectivity index (χ1n) is 9.18. The summed E-state index contributed by atoms with van der Waals surface area (Å²) in [6.07, 6.45) is 3.21. The van der Waals surface area contributed by atoms with Crippen LogP contribution in [0.5, 0.6) is 5.88 Å². The highest BCUT2D eigenvalue weighted by Crippen LogP contribution is 2.33. The smallest absolute Gasteiger partial charge is 0.245 e. The summed E-state index contributed by atoms with van der Waals surface area (Å²) in [5.41, 5.74) is 0.940. The van der Waals surface area contributed by atoms with E-state index in [1.54, 1.807) is 6.92 Å². The van der Waals surface area contributed by atoms with Crippen LogP contribution < -0.4 is 4.74 Å². The van der Waals surface area contributed by atoms with Crippen LogP contribution in [-0.2, 0) is 4.74 Å². The number of hydrogen-bond donors (Lipinski definition) is 4. The maximum atomic E-state index is 10.2. The lowest BCUT2D eigenvalue weighted by Gasteiger charge is -2.16. The average molecular weight is 382 g/mol. The maximum absolute atomic E-state index is 10.2. The molecule has 2 aromatic rings. The standard InChI is InChI=1S/C15H20N4O5.C2H6O/c20-5-9-11(21)12(22)15(24-9)19-7-18-10-13(19)16-6-17-14(10)23-8-3-1-2-4-8;1-2-3/h6-9,11-12,15,20-22H,1-5H2;3H,2H2,1H3. The number of nitrogens with zero attached hydrogens (tertiary/aromatic N) is 4. The molecule has 4 N–H and O–H groups in total. The largest absolute Gasteiger partial charge is 0.473 e. The minimum Gasteiger partial charge on any atom is -0.473 e. The maximum Gasteiger partial charge on any atom is 0.245 e. The van der Waals surface area contributed by atoms with E-state index in [1.165, 1.54) is 17.2 Å². The van der Waals surface area contributed by atoms with Crippen molar-refractivity contribution in [3.63, 3.8) is 0 Å². The van der Waals surface area contributed by atoms with E-state index in [9.17, 15) is 15.3 Å². The molecule has 2 fully saturated rings. The zero-order chi connectivity index (χ0) is 19.4. The summed E-state index contributed by atoms with van der Waals surface area (Å²) in [5, 5.41) is 36.9. The molecule has 27 heavy (non-hydrogen) atoms. The fourth-order valence-corrected chi connectivity index (χ4v) is 3.38. The second-order valence-corrected chi connectivity index (χ2v) is 6.57. The molecule has 0 bridgehead atoms. The lowest BCUT2D eigenvalue weighted by Crippen LogP contribution is -2.33. The Morgan fingerprint density at radius 3 is 2.48 bits per heavy atom. The third-order valence-electron chi connectivity index (χ3n) is 4.70. The third-order valence-corrected chi connectivity index (χ3v) is 4.70. The zero-order valence-corrected chi connectivity index (χ0v) is 15.2. The first-order chi connectivity index (χ1) is 13.1. The summed E-state index contributed by atoms with van der Waals surface area (Å²) in [6.45, 7) is 1.55. The number of ether oxygens (including phenoxy) is 2. The Balaban J connectivity index is 0.000000659. The third kappa shape index (κ3) is 4.04. The number of imidazole rings is 1. The van der Waals surface area contributed by atoms with Crippen molar-refractivity contribution in [2.45, 2.75) is 63.3 Å². The Labute approximate surface area is 156 Å². The summed E-state index contributed by atoms with van der Waals surface area (Å²) >= 11 is 0. The second-order valence-electron chi connectivity index (χ2n) is 6.57. The van der Waals surface area contributed by atoms with Crippen molar-refractivity contribution in [1.82, 2.24) is 19.5 Å². The predicted molar refractivity (Wildman–Crippen MR) is 94.0 cm³/mol. The number of aromatic nitrogens is 4. The van der Waals surface area contributed by atoms with E-state index >= 15 is 0 Å². The van der Waals surface area contributed by atoms with E-state index in [0.29, 0.717) is 17.0 Å². The van der Waals surface area contributed by atoms with Gasteiger partial charge in [-0.25, -0.2) is 9.97 Å². The molecular formula is C17H26N4O6. The Hall–Kier alpha value is -1.85. The molecule has 150 valence electrons. The molecule has 10 heteroatoms. The fraction of sp³-hybridized carbons (Fsp3) is 0.706. The molecule has 1 saturated carbocycles. The van der Waals surface area contributed by atoms with Crippen LogP contribution in [0.1, 0.15) is 38.8 Å². The van der Waals surface area contributed by atoms with Gasteiger partial charge in [0.1, 0.15) is 30.7 Å². The van der Waals surface area contributed by atoms with E-state index in [-0.39, 0.29) is 19.3 Å². The quantitative estimate of drug-likeness (QED) is 0.563. The summed E-state index contributed by atoms with van der Waals surface area (Å²) in [4.78, 5) is 12.7. The minimum absolute atomic E-state index is 0.141. The summed E-state index contributed by atoms with van der Waals surface area (Å²) in [7, 11) is 0. The van der Waals surface area contributed by atoms with E-state index in [4.69, 9.17) is 14.6 Å². The van der Waals surface area contributed by atoms with Crippen molar-refractivity contribution >= 4 is 11.2 Å². The number of rotatable bonds is 4. The monoisotopic (exact) mass is 382 g/mol. The molecule has 10 nitrogen and oxygen atoms in total. The number of hydrogen-bond acceptors (Lipinski definition) is 9. The topological polar surface area (TPSA) is 143 Å². The summed E-state index contributed by atoms with van der Waals surface area (Å²) in [6, 6.07) is 0. The molecule has 0 spiro atoms. The Morgan fingerprint density at radius 1 is 1.15 bits per heavy atom. The van der Waals surface area contributed by atoms with Gasteiger partial charge in [-0.15, -0.1) is 0 Å². The van der Waals surface area contributed by atoms with Crippen LogP contribution >= 0.6 is 0 Å². The molecule has 2 aliphatic rings. The predicted octanol–water partition coefficient (Wildman–Crippen LogP) is -0.242. The van der Waals surface area contributed by atoms with Crippen LogP contribution in [0.3, 0.4) is 0 Å². The molecule has 3 heterocycles. The lowest BCUT2D eigenvalue weighted by molar-refractivity contribution is -0.0511. The molecule has 0 amide bonds. The molecule has 2 aromatic heterocycles. The van der Waals surface area contributed by atoms with Crippen molar-refractivity contribution < 1.29 is 29.9 Å². The normalized spacial score (nSPS) is 28.3. The molecule has 4 unspecified atom stereocenters. The van der Waals surface area contributed by atoms with Gasteiger partial charge in [-0.3, -0.25) is 4.57 Å². The van der Waals surface area contributed by atoms with Gasteiger partial charge < -0.3 is 29.9 Å². The molecular weight excluding hydrogens is 356 g/mol. The van der Waals surface area contributed by atoms with Gasteiger partial charge in [0, 0.05) is 6.61 Å². The summed E-state index contributed by atoms with van der Waals surface area (Å²) in [5.74, 6) is 0.414. The molecule has 4 rings (SSSR count). The van der Waals surface area contributed by atoms with E-state index in [1.807, 2.05) is 0 Å². The Morgan fingerprint density at radius 2 is 1.85 bits per heavy atom. The van der Waals surface area contributed by atoms with Gasteiger partial charge in [0.25, 0.3) is 0 Å². The van der Waals surface area contributed by atoms with Crippen molar-refractivity contribution in [3.8, 4) is 5.88 Å². The zero-order valence-electron chi connectivity index (χ0n) is 15.2. The molecule has 1 aliphatic heterocycles. The van der Waals surface area contributed by atoms with Crippen LogP contribution in [-0.4, -0.2) is 77.6 Å². The number of fused-ring (bicyclic) bond motifs is 1. The van der Waals surface area contributed by atoms with Gasteiger partial charge in [0.05, 0.1) is 12.9 Å². The van der Waals surface area contributed by atoms with E-state index < -0.39 is 24.5 Å². The highest BCUT2D eigenvalue weighted by atomic mass is 16.6. The van der Waals surface area contributed by atoms with Crippen molar-refractivity contribution in [2.75, 3.05) is 13.2 Å². The molecule has 1 aliphatic carbocycles. The highest BCUT2D eigenvalue weighted by Gasteiger charge is 2.44. The van der Waals surface area contributed by atoms with Crippen molar-refractivity contribution in [3.05, 3.63) is 12.7 Å². The van der Waals surface area contributed by atoms with Crippen LogP contribution in [0, 0.1) is 0 Å². The van der Waals surface area contributed by atoms with Crippen LogP contribution in [0.15, 0.2) is 12.7 Å². The van der Waals surface area contributed by atoms with Gasteiger partial charge in [0.15, 0.2) is 17.4 Å². The first-order valence-corrected chi connectivity index (χ1v) is 9.18. The molecule has 0 aromatic carbocycles. The SMILES string of the molecule is CCO.OCC1OC(n2cnc3c(OC4CCCC4)ncnc32)C(O)C1O. The van der Waals surface area contributed by atoms with Crippen LogP contribution in [0.25, 0.3) is 11.2 Å². The first kappa shape index (κ1) is 19.9. The van der Waals surface area contributed by atoms with E-state index in [2.05, 4.69) is 15.0 Å². The van der Waals surface area contributed by atoms with E-state index in [0.717, 1.165) is 25.7 Å². The molecule has 1 saturated heterocycles. The van der Waals surface area contributed by atoms with Crippen molar-refractivity contribution in [1.29, 1.82) is 0 Å². The fourth-order valence-electron chi connectivity index (χ4n) is 3.38. The second kappa shape index (κ2) is 8.89. The lowest BCUT2D eigenvalue weighted by atomic mass is 10.1. The molecule has 0 radical (unpaired) electrons. The Kier molecular flexibility index (Phi) is 6.55. The van der Waals surface area contributed by atoms with Gasteiger partial charge in [-0.2, -0.15) is 4.98 Å². The van der Waals surface area contributed by atoms with Gasteiger partial charge in [-0.05, 0) is 32.6 Å². The summed E-state index contributed by atoms with van der Waals surface area (Å²) < 4.78 is 13.0. The minimum atomic E-state index is -1.19. The average Bonchev–Trinajstić information content (AvgIpc) is 3.38. The highest BCUT2D eigenvalue weighted by molar-refractivity contribution is 5.76. The number of aliphatic hydroxyl groups is 4. The number of aliphatic hydroxyl groups excluding tert-OH is 4. The molecule has 4 atom stereocenters. The van der Waals surface area contributed by atoms with Crippen LogP contribution in [0.4, 0.5) is 0 Å². The van der Waals surface area contributed by atoms with Gasteiger partial charge >= 0.3 is 0 Å². The van der Waals surface area contributed by atoms with Crippen molar-refractivity contribution in [2.24, 2.45) is 0 Å². The van der Waals surface area contributed by atoms with Gasteiger partial charge in [-0.1, -0.05) is 0 Å². The van der Waals surface area contributed by atoms with Gasteiger partial charge in [0.2, 0.25) is 5.88 Å². The van der Waals surface area contributed by atoms with Crippen LogP contribution in [0.2, 0.25) is 0 Å². The Bertz CT molecular complexity index is 735.